The van der Waals surface area contributed by atoms with E-state index in [2.05, 4.69) is 17.2 Å². The first-order valence-corrected chi connectivity index (χ1v) is 6.72. The maximum Gasteiger partial charge on any atom is 0.255 e. The zero-order valence-electron chi connectivity index (χ0n) is 9.90. The summed E-state index contributed by atoms with van der Waals surface area (Å²) in [6, 6.07) is 3.42. The fraction of sp³-hybridized carbons (Fsp3) is 0.500. The van der Waals surface area contributed by atoms with Crippen LogP contribution in [0.25, 0.3) is 0 Å². The topological polar surface area (TPSA) is 68.0 Å². The van der Waals surface area contributed by atoms with Gasteiger partial charge in [0.15, 0.2) is 0 Å². The first-order valence-electron chi connectivity index (χ1n) is 5.73. The maximum atomic E-state index is 11.9. The van der Waals surface area contributed by atoms with Crippen LogP contribution in [0.2, 0.25) is 0 Å². The summed E-state index contributed by atoms with van der Waals surface area (Å²) in [6.07, 6.45) is 3.97. The van der Waals surface area contributed by atoms with Crippen LogP contribution in [0.15, 0.2) is 18.3 Å². The number of rotatable bonds is 3. The summed E-state index contributed by atoms with van der Waals surface area (Å²) in [5.41, 5.74) is 6.12. The molecule has 92 valence electrons. The van der Waals surface area contributed by atoms with Crippen molar-refractivity contribution >= 4 is 23.5 Å². The zero-order valence-corrected chi connectivity index (χ0v) is 10.7. The van der Waals surface area contributed by atoms with Crippen molar-refractivity contribution in [1.82, 2.24) is 10.3 Å². The number of nitrogens with zero attached hydrogens (tertiary/aromatic N) is 1. The summed E-state index contributed by atoms with van der Waals surface area (Å²) >= 11 is 1.92. The van der Waals surface area contributed by atoms with Crippen LogP contribution >= 0.6 is 11.8 Å². The Labute approximate surface area is 105 Å². The molecule has 5 heteroatoms. The molecule has 0 radical (unpaired) electrons. The summed E-state index contributed by atoms with van der Waals surface area (Å²) < 4.78 is 0.173. The molecule has 1 saturated heterocycles. The largest absolute Gasteiger partial charge is 0.383 e. The molecule has 1 aliphatic rings. The molecule has 1 unspecified atom stereocenters. The maximum absolute atomic E-state index is 11.9. The number of nitrogens with one attached hydrogen (secondary N) is 1. The minimum absolute atomic E-state index is 0.135. The van der Waals surface area contributed by atoms with Crippen LogP contribution in [0, 0.1) is 0 Å². The van der Waals surface area contributed by atoms with E-state index in [4.69, 9.17) is 5.73 Å². The highest BCUT2D eigenvalue weighted by Crippen LogP contribution is 2.36. The van der Waals surface area contributed by atoms with E-state index in [0.29, 0.717) is 12.1 Å². The number of thioether (sulfide) groups is 1. The third-order valence-corrected chi connectivity index (χ3v) is 4.54. The lowest BCUT2D eigenvalue weighted by Gasteiger charge is -2.22. The van der Waals surface area contributed by atoms with Crippen molar-refractivity contribution in [2.24, 2.45) is 0 Å². The Morgan fingerprint density at radius 1 is 1.71 bits per heavy atom. The SMILES string of the molecule is CC1(CNC(=O)c2cccnc2N)CCCS1. The number of hydrogen-bond donors (Lipinski definition) is 2. The van der Waals surface area contributed by atoms with Crippen LogP contribution in [0.1, 0.15) is 30.1 Å². The molecule has 0 aromatic carbocycles. The molecule has 3 N–H and O–H groups in total. The van der Waals surface area contributed by atoms with Gasteiger partial charge in [0.25, 0.3) is 5.91 Å². The minimum atomic E-state index is -0.135. The van der Waals surface area contributed by atoms with E-state index in [1.807, 2.05) is 11.8 Å². The van der Waals surface area contributed by atoms with E-state index < -0.39 is 0 Å². The third-order valence-electron chi connectivity index (χ3n) is 3.01. The molecule has 0 aliphatic carbocycles. The minimum Gasteiger partial charge on any atom is -0.383 e. The molecule has 0 bridgehead atoms. The highest BCUT2D eigenvalue weighted by molar-refractivity contribution is 8.00. The number of carbonyl (C=O) groups is 1. The van der Waals surface area contributed by atoms with Gasteiger partial charge in [-0.15, -0.1) is 0 Å². The lowest BCUT2D eigenvalue weighted by Crippen LogP contribution is -2.37. The molecule has 0 spiro atoms. The van der Waals surface area contributed by atoms with Crippen molar-refractivity contribution in [2.75, 3.05) is 18.0 Å². The average molecular weight is 251 g/mol. The highest BCUT2D eigenvalue weighted by Gasteiger charge is 2.29. The van der Waals surface area contributed by atoms with Crippen molar-refractivity contribution in [1.29, 1.82) is 0 Å². The number of nitrogen functional groups attached to an aromatic ring is 1. The van der Waals surface area contributed by atoms with Crippen LogP contribution in [-0.2, 0) is 0 Å². The van der Waals surface area contributed by atoms with E-state index in [-0.39, 0.29) is 16.5 Å². The van der Waals surface area contributed by atoms with E-state index in [9.17, 15) is 4.79 Å². The smallest absolute Gasteiger partial charge is 0.255 e. The van der Waals surface area contributed by atoms with Gasteiger partial charge in [-0.3, -0.25) is 4.79 Å². The van der Waals surface area contributed by atoms with Gasteiger partial charge < -0.3 is 11.1 Å². The number of nitrogens with two attached hydrogens (primary N) is 1. The number of anilines is 1. The van der Waals surface area contributed by atoms with Crippen LogP contribution in [0.4, 0.5) is 5.82 Å². The first kappa shape index (κ1) is 12.2. The molecule has 2 rings (SSSR count). The van der Waals surface area contributed by atoms with Gasteiger partial charge in [-0.25, -0.2) is 4.98 Å². The number of amides is 1. The summed E-state index contributed by atoms with van der Waals surface area (Å²) in [5, 5.41) is 2.94. The predicted molar refractivity (Wildman–Crippen MR) is 71.1 cm³/mol. The van der Waals surface area contributed by atoms with Crippen LogP contribution < -0.4 is 11.1 Å². The van der Waals surface area contributed by atoms with E-state index >= 15 is 0 Å². The fourth-order valence-corrected chi connectivity index (χ4v) is 3.19. The second-order valence-electron chi connectivity index (χ2n) is 4.52. The van der Waals surface area contributed by atoms with Crippen LogP contribution in [0.3, 0.4) is 0 Å². The predicted octanol–water partition coefficient (Wildman–Crippen LogP) is 1.68. The second kappa shape index (κ2) is 4.96. The van der Waals surface area contributed by atoms with Crippen molar-refractivity contribution in [3.8, 4) is 0 Å². The molecule has 1 amide bonds. The van der Waals surface area contributed by atoms with Crippen molar-refractivity contribution in [3.63, 3.8) is 0 Å². The van der Waals surface area contributed by atoms with Crippen LogP contribution in [-0.4, -0.2) is 27.9 Å². The average Bonchev–Trinajstić information content (AvgIpc) is 2.74. The Hall–Kier alpha value is -1.23. The van der Waals surface area contributed by atoms with E-state index in [1.54, 1.807) is 18.3 Å². The normalized spacial score (nSPS) is 23.6. The van der Waals surface area contributed by atoms with E-state index in [0.717, 1.165) is 6.42 Å². The van der Waals surface area contributed by atoms with Gasteiger partial charge >= 0.3 is 0 Å². The fourth-order valence-electron chi connectivity index (χ4n) is 1.95. The Morgan fingerprint density at radius 2 is 2.53 bits per heavy atom. The number of pyridine rings is 1. The Morgan fingerprint density at radius 3 is 3.18 bits per heavy atom. The lowest BCUT2D eigenvalue weighted by molar-refractivity contribution is 0.0950. The molecule has 0 saturated carbocycles. The van der Waals surface area contributed by atoms with Gasteiger partial charge in [0.05, 0.1) is 5.56 Å². The summed E-state index contributed by atoms with van der Waals surface area (Å²) in [5.74, 6) is 1.33. The summed E-state index contributed by atoms with van der Waals surface area (Å²) in [4.78, 5) is 15.8. The Bertz CT molecular complexity index is 416. The van der Waals surface area contributed by atoms with Gasteiger partial charge in [-0.05, 0) is 37.7 Å². The molecule has 17 heavy (non-hydrogen) atoms. The van der Waals surface area contributed by atoms with Gasteiger partial charge in [0.2, 0.25) is 0 Å². The van der Waals surface area contributed by atoms with Gasteiger partial charge in [-0.2, -0.15) is 11.8 Å². The van der Waals surface area contributed by atoms with Crippen molar-refractivity contribution < 1.29 is 4.79 Å². The molecule has 1 aromatic rings. The standard InChI is InChI=1S/C12H17N3OS/c1-12(5-3-7-17-12)8-15-11(16)9-4-2-6-14-10(9)13/h2,4,6H,3,5,7-8H2,1H3,(H2,13,14)(H,15,16). The number of aromatic nitrogens is 1. The third kappa shape index (κ3) is 2.91. The highest BCUT2D eigenvalue weighted by atomic mass is 32.2. The quantitative estimate of drug-likeness (QED) is 0.857. The number of carbonyl (C=O) groups excluding carboxylic acids is 1. The monoisotopic (exact) mass is 251 g/mol. The summed E-state index contributed by atoms with van der Waals surface area (Å²) in [7, 11) is 0. The first-order chi connectivity index (χ1) is 8.11. The Kier molecular flexibility index (Phi) is 3.57. The second-order valence-corrected chi connectivity index (χ2v) is 6.20. The lowest BCUT2D eigenvalue weighted by atomic mass is 10.1. The molecule has 1 aliphatic heterocycles. The Balaban J connectivity index is 1.96. The van der Waals surface area contributed by atoms with Crippen LogP contribution in [0.5, 0.6) is 0 Å². The molecule has 4 nitrogen and oxygen atoms in total. The molecular formula is C12H17N3OS. The molecule has 1 fully saturated rings. The van der Waals surface area contributed by atoms with E-state index in [1.165, 1.54) is 12.2 Å². The summed E-state index contributed by atoms with van der Waals surface area (Å²) in [6.45, 7) is 2.88. The van der Waals surface area contributed by atoms with Gasteiger partial charge in [0.1, 0.15) is 5.82 Å². The van der Waals surface area contributed by atoms with Gasteiger partial charge in [0, 0.05) is 17.5 Å². The molecule has 1 atom stereocenters. The van der Waals surface area contributed by atoms with Gasteiger partial charge in [-0.1, -0.05) is 0 Å². The van der Waals surface area contributed by atoms with Crippen molar-refractivity contribution in [2.45, 2.75) is 24.5 Å². The number of hydrogen-bond acceptors (Lipinski definition) is 4. The molecule has 1 aromatic heterocycles. The molecular weight excluding hydrogens is 234 g/mol. The zero-order chi connectivity index (χ0) is 12.3. The van der Waals surface area contributed by atoms with Crippen molar-refractivity contribution in [3.05, 3.63) is 23.9 Å². The molecule has 2 heterocycles.